The molecule has 4 heteroatoms. The molecule has 3 aromatic rings. The third-order valence-electron chi connectivity index (χ3n) is 4.89. The summed E-state index contributed by atoms with van der Waals surface area (Å²) in [6.07, 6.45) is 0.748. The minimum atomic E-state index is -0.0000898. The lowest BCUT2D eigenvalue weighted by Crippen LogP contribution is -2.35. The molecule has 0 amide bonds. The predicted octanol–water partition coefficient (Wildman–Crippen LogP) is 3.61. The van der Waals surface area contributed by atoms with Gasteiger partial charge in [0.15, 0.2) is 0 Å². The molecular formula is C22H23N3O. The number of aromatic nitrogens is 2. The maximum atomic E-state index is 12.5. The summed E-state index contributed by atoms with van der Waals surface area (Å²) in [6.45, 7) is 6.75. The quantitative estimate of drug-likeness (QED) is 0.789. The first-order valence-electron chi connectivity index (χ1n) is 9.05. The van der Waals surface area contributed by atoms with Gasteiger partial charge < -0.3 is 4.98 Å². The number of nitrogens with zero attached hydrogens (tertiary/aromatic N) is 2. The van der Waals surface area contributed by atoms with Crippen LogP contribution in [0.25, 0.3) is 11.4 Å². The van der Waals surface area contributed by atoms with Gasteiger partial charge in [0.25, 0.3) is 5.56 Å². The highest BCUT2D eigenvalue weighted by Crippen LogP contribution is 2.20. The zero-order valence-electron chi connectivity index (χ0n) is 15.2. The van der Waals surface area contributed by atoms with Crippen molar-refractivity contribution in [1.82, 2.24) is 14.9 Å². The number of H-pyrrole nitrogens is 1. The van der Waals surface area contributed by atoms with Crippen LogP contribution in [0.4, 0.5) is 0 Å². The lowest BCUT2D eigenvalue weighted by Gasteiger charge is -2.28. The molecule has 1 aliphatic heterocycles. The van der Waals surface area contributed by atoms with Gasteiger partial charge in [-0.1, -0.05) is 59.7 Å². The van der Waals surface area contributed by atoms with E-state index in [0.29, 0.717) is 12.4 Å². The van der Waals surface area contributed by atoms with Gasteiger partial charge in [0.1, 0.15) is 5.82 Å². The second-order valence-electron chi connectivity index (χ2n) is 7.16. The van der Waals surface area contributed by atoms with E-state index in [2.05, 4.69) is 41.9 Å². The fourth-order valence-electron chi connectivity index (χ4n) is 3.78. The van der Waals surface area contributed by atoms with Crippen LogP contribution in [0, 0.1) is 13.8 Å². The Labute approximate surface area is 153 Å². The molecule has 132 valence electrons. The highest BCUT2D eigenvalue weighted by atomic mass is 16.1. The van der Waals surface area contributed by atoms with E-state index in [1.807, 2.05) is 30.3 Å². The number of hydrogen-bond acceptors (Lipinski definition) is 3. The number of rotatable bonds is 3. The van der Waals surface area contributed by atoms with E-state index in [-0.39, 0.29) is 5.56 Å². The van der Waals surface area contributed by atoms with Gasteiger partial charge in [0.2, 0.25) is 0 Å². The molecule has 0 atom stereocenters. The fourth-order valence-corrected chi connectivity index (χ4v) is 3.78. The molecule has 0 radical (unpaired) electrons. The summed E-state index contributed by atoms with van der Waals surface area (Å²) in [5, 5.41) is 0. The van der Waals surface area contributed by atoms with Crippen molar-refractivity contribution in [2.45, 2.75) is 33.4 Å². The molecule has 2 aromatic carbocycles. The molecule has 0 spiro atoms. The van der Waals surface area contributed by atoms with Crippen LogP contribution in [0.5, 0.6) is 0 Å². The number of aryl methyl sites for hydroxylation is 2. The normalized spacial score (nSPS) is 14.2. The Balaban J connectivity index is 1.61. The fraction of sp³-hybridized carbons (Fsp3) is 0.273. The summed E-state index contributed by atoms with van der Waals surface area (Å²) >= 11 is 0. The number of hydrogen-bond donors (Lipinski definition) is 1. The maximum absolute atomic E-state index is 12.5. The Morgan fingerprint density at radius 3 is 2.54 bits per heavy atom. The maximum Gasteiger partial charge on any atom is 0.254 e. The molecule has 0 aliphatic carbocycles. The zero-order chi connectivity index (χ0) is 18.1. The van der Waals surface area contributed by atoms with Crippen LogP contribution < -0.4 is 5.56 Å². The van der Waals surface area contributed by atoms with E-state index < -0.39 is 0 Å². The molecule has 1 N–H and O–H groups in total. The number of benzene rings is 2. The lowest BCUT2D eigenvalue weighted by molar-refractivity contribution is 0.240. The Kier molecular flexibility index (Phi) is 4.43. The van der Waals surface area contributed by atoms with Crippen molar-refractivity contribution in [3.63, 3.8) is 0 Å². The van der Waals surface area contributed by atoms with Gasteiger partial charge in [-0.2, -0.15) is 0 Å². The van der Waals surface area contributed by atoms with E-state index in [0.717, 1.165) is 36.3 Å². The summed E-state index contributed by atoms with van der Waals surface area (Å²) in [4.78, 5) is 22.6. The lowest BCUT2D eigenvalue weighted by atomic mass is 10.0. The largest absolute Gasteiger partial charge is 0.306 e. The van der Waals surface area contributed by atoms with E-state index in [4.69, 9.17) is 4.98 Å². The molecular weight excluding hydrogens is 322 g/mol. The van der Waals surface area contributed by atoms with Crippen molar-refractivity contribution in [1.29, 1.82) is 0 Å². The molecule has 0 bridgehead atoms. The van der Waals surface area contributed by atoms with Crippen LogP contribution in [0.1, 0.15) is 27.9 Å². The molecule has 0 unspecified atom stereocenters. The van der Waals surface area contributed by atoms with Gasteiger partial charge in [-0.25, -0.2) is 4.98 Å². The van der Waals surface area contributed by atoms with E-state index in [1.54, 1.807) is 0 Å². The highest BCUT2D eigenvalue weighted by Gasteiger charge is 2.21. The highest BCUT2D eigenvalue weighted by molar-refractivity contribution is 5.54. The standard InChI is InChI=1S/C22H23N3O/c1-15-10-16(2)12-17(11-15)13-25-9-8-19-20(14-25)23-21(24-22(19)26)18-6-4-3-5-7-18/h3-7,10-12H,8-9,13-14H2,1-2H3,(H,23,24,26). The van der Waals surface area contributed by atoms with Gasteiger partial charge in [-0.05, 0) is 25.8 Å². The smallest absolute Gasteiger partial charge is 0.254 e. The summed E-state index contributed by atoms with van der Waals surface area (Å²) < 4.78 is 0. The average Bonchev–Trinajstić information content (AvgIpc) is 2.61. The average molecular weight is 345 g/mol. The predicted molar refractivity (Wildman–Crippen MR) is 104 cm³/mol. The summed E-state index contributed by atoms with van der Waals surface area (Å²) in [5.74, 6) is 0.655. The SMILES string of the molecule is Cc1cc(C)cc(CN2CCc3c(nc(-c4ccccc4)[nH]c3=O)C2)c1. The first kappa shape index (κ1) is 16.7. The van der Waals surface area contributed by atoms with Crippen LogP contribution in [0.15, 0.2) is 53.3 Å². The number of nitrogens with one attached hydrogen (secondary N) is 1. The summed E-state index contributed by atoms with van der Waals surface area (Å²) in [5.41, 5.74) is 6.58. The zero-order valence-corrected chi connectivity index (χ0v) is 15.2. The first-order valence-corrected chi connectivity index (χ1v) is 9.05. The monoisotopic (exact) mass is 345 g/mol. The van der Waals surface area contributed by atoms with Gasteiger partial charge in [-0.15, -0.1) is 0 Å². The van der Waals surface area contributed by atoms with Crippen molar-refractivity contribution < 1.29 is 0 Å². The van der Waals surface area contributed by atoms with Crippen LogP contribution in [-0.2, 0) is 19.5 Å². The van der Waals surface area contributed by atoms with Crippen LogP contribution in [0.3, 0.4) is 0 Å². The van der Waals surface area contributed by atoms with Crippen molar-refractivity contribution >= 4 is 0 Å². The van der Waals surface area contributed by atoms with E-state index >= 15 is 0 Å². The van der Waals surface area contributed by atoms with Crippen molar-refractivity contribution in [3.05, 3.63) is 86.8 Å². The summed E-state index contributed by atoms with van der Waals surface area (Å²) in [6, 6.07) is 16.5. The Hall–Kier alpha value is -2.72. The molecule has 4 nitrogen and oxygen atoms in total. The Bertz CT molecular complexity index is 972. The van der Waals surface area contributed by atoms with Crippen molar-refractivity contribution in [3.8, 4) is 11.4 Å². The van der Waals surface area contributed by atoms with Gasteiger partial charge >= 0.3 is 0 Å². The number of fused-ring (bicyclic) bond motifs is 1. The molecule has 2 heterocycles. The Morgan fingerprint density at radius 1 is 1.08 bits per heavy atom. The summed E-state index contributed by atoms with van der Waals surface area (Å²) in [7, 11) is 0. The molecule has 4 rings (SSSR count). The second kappa shape index (κ2) is 6.89. The second-order valence-corrected chi connectivity index (χ2v) is 7.16. The minimum Gasteiger partial charge on any atom is -0.306 e. The van der Waals surface area contributed by atoms with Crippen LogP contribution in [-0.4, -0.2) is 21.4 Å². The van der Waals surface area contributed by atoms with Gasteiger partial charge in [0, 0.05) is 30.8 Å². The molecule has 0 fully saturated rings. The molecule has 1 aliphatic rings. The van der Waals surface area contributed by atoms with Crippen LogP contribution >= 0.6 is 0 Å². The van der Waals surface area contributed by atoms with Gasteiger partial charge in [0.05, 0.1) is 5.69 Å². The van der Waals surface area contributed by atoms with Crippen LogP contribution in [0.2, 0.25) is 0 Å². The minimum absolute atomic E-state index is 0.0000898. The Morgan fingerprint density at radius 2 is 1.81 bits per heavy atom. The van der Waals surface area contributed by atoms with Crippen molar-refractivity contribution in [2.24, 2.45) is 0 Å². The molecule has 0 saturated heterocycles. The topological polar surface area (TPSA) is 49.0 Å². The number of aromatic amines is 1. The third kappa shape index (κ3) is 3.46. The molecule has 0 saturated carbocycles. The van der Waals surface area contributed by atoms with E-state index in [9.17, 15) is 4.79 Å². The van der Waals surface area contributed by atoms with E-state index in [1.165, 1.54) is 16.7 Å². The molecule has 26 heavy (non-hydrogen) atoms. The van der Waals surface area contributed by atoms with Gasteiger partial charge in [-0.3, -0.25) is 9.69 Å². The molecule has 1 aromatic heterocycles. The third-order valence-corrected chi connectivity index (χ3v) is 4.89. The first-order chi connectivity index (χ1) is 12.6. The van der Waals surface area contributed by atoms with Crippen molar-refractivity contribution in [2.75, 3.05) is 6.54 Å².